The van der Waals surface area contributed by atoms with E-state index in [1.54, 1.807) is 0 Å². The van der Waals surface area contributed by atoms with Crippen molar-refractivity contribution in [2.24, 2.45) is 0 Å². The molecule has 0 heterocycles. The summed E-state index contributed by atoms with van der Waals surface area (Å²) in [5, 5.41) is 0. The third kappa shape index (κ3) is 11.5. The maximum absolute atomic E-state index is 10.1. The number of ether oxygens (including phenoxy) is 1. The quantitative estimate of drug-likeness (QED) is 0.337. The van der Waals surface area contributed by atoms with Gasteiger partial charge in [0.05, 0.1) is 6.26 Å². The van der Waals surface area contributed by atoms with Crippen molar-refractivity contribution in [3.8, 4) is 0 Å². The van der Waals surface area contributed by atoms with Gasteiger partial charge in [0.15, 0.2) is 0 Å². The Labute approximate surface area is 91.3 Å². The van der Waals surface area contributed by atoms with Gasteiger partial charge >= 0.3 is 5.43 Å². The summed E-state index contributed by atoms with van der Waals surface area (Å²) in [6.07, 6.45) is 11.8. The zero-order valence-electron chi connectivity index (χ0n) is 8.80. The van der Waals surface area contributed by atoms with Crippen molar-refractivity contribution >= 4 is 17.0 Å². The number of hydrogen-bond donors (Lipinski definition) is 0. The van der Waals surface area contributed by atoms with Crippen LogP contribution in [-0.4, -0.2) is 5.43 Å². The second-order valence-corrected chi connectivity index (χ2v) is 3.59. The number of halogens is 1. The van der Waals surface area contributed by atoms with E-state index in [1.807, 2.05) is 6.08 Å². The lowest BCUT2D eigenvalue weighted by molar-refractivity contribution is 0.212. The van der Waals surface area contributed by atoms with E-state index in [0.717, 1.165) is 12.8 Å². The molecule has 0 saturated carbocycles. The summed E-state index contributed by atoms with van der Waals surface area (Å²) in [4.78, 5) is 10.1. The standard InChI is InChI=1S/C11H19ClO2/c1-2-3-4-5-6-7-8-9-10-14-11(12)13/h9-10H,2-8H2,1H3. The molecule has 14 heavy (non-hydrogen) atoms. The van der Waals surface area contributed by atoms with E-state index in [2.05, 4.69) is 11.7 Å². The Balaban J connectivity index is 3.05. The highest BCUT2D eigenvalue weighted by Gasteiger charge is 1.89. The number of unbranched alkanes of at least 4 members (excludes halogenated alkanes) is 6. The first-order valence-electron chi connectivity index (χ1n) is 5.28. The van der Waals surface area contributed by atoms with Gasteiger partial charge < -0.3 is 4.74 Å². The molecule has 0 amide bonds. The average molecular weight is 219 g/mol. The zero-order valence-corrected chi connectivity index (χ0v) is 9.55. The molecular formula is C11H19ClO2. The zero-order chi connectivity index (χ0) is 10.6. The molecule has 82 valence electrons. The van der Waals surface area contributed by atoms with Gasteiger partial charge in [0, 0.05) is 11.6 Å². The molecule has 0 unspecified atom stereocenters. The van der Waals surface area contributed by atoms with Crippen LogP contribution in [0.1, 0.15) is 51.9 Å². The normalized spacial score (nSPS) is 10.7. The molecule has 0 fully saturated rings. The monoisotopic (exact) mass is 218 g/mol. The largest absolute Gasteiger partial charge is 0.423 e. The summed E-state index contributed by atoms with van der Waals surface area (Å²) in [7, 11) is 0. The predicted molar refractivity (Wildman–Crippen MR) is 59.5 cm³/mol. The number of carbonyl (C=O) groups is 1. The second-order valence-electron chi connectivity index (χ2n) is 3.28. The molecule has 0 aromatic heterocycles. The lowest BCUT2D eigenvalue weighted by atomic mass is 10.1. The Hall–Kier alpha value is -0.500. The van der Waals surface area contributed by atoms with E-state index in [-0.39, 0.29) is 0 Å². The fourth-order valence-electron chi connectivity index (χ4n) is 1.21. The third-order valence-corrected chi connectivity index (χ3v) is 2.07. The molecule has 0 atom stereocenters. The molecule has 0 bridgehead atoms. The van der Waals surface area contributed by atoms with Crippen LogP contribution >= 0.6 is 11.6 Å². The van der Waals surface area contributed by atoms with Crippen molar-refractivity contribution in [1.82, 2.24) is 0 Å². The highest BCUT2D eigenvalue weighted by atomic mass is 35.5. The Morgan fingerprint density at radius 2 is 1.86 bits per heavy atom. The summed E-state index contributed by atoms with van der Waals surface area (Å²) in [6, 6.07) is 0. The molecule has 0 spiro atoms. The van der Waals surface area contributed by atoms with Crippen molar-refractivity contribution in [3.63, 3.8) is 0 Å². The summed E-state index contributed by atoms with van der Waals surface area (Å²) in [5.74, 6) is 0. The smallest absolute Gasteiger partial charge is 0.408 e. The van der Waals surface area contributed by atoms with Crippen molar-refractivity contribution in [2.45, 2.75) is 51.9 Å². The molecule has 2 nitrogen and oxygen atoms in total. The van der Waals surface area contributed by atoms with Gasteiger partial charge in [0.1, 0.15) is 0 Å². The minimum absolute atomic E-state index is 0.774. The first-order valence-corrected chi connectivity index (χ1v) is 5.66. The topological polar surface area (TPSA) is 26.3 Å². The average Bonchev–Trinajstić information content (AvgIpc) is 2.15. The first-order chi connectivity index (χ1) is 6.77. The van der Waals surface area contributed by atoms with Gasteiger partial charge in [-0.1, -0.05) is 39.0 Å². The summed E-state index contributed by atoms with van der Waals surface area (Å²) >= 11 is 4.96. The molecule has 3 heteroatoms. The van der Waals surface area contributed by atoms with Crippen LogP contribution < -0.4 is 0 Å². The molecule has 0 radical (unpaired) electrons. The van der Waals surface area contributed by atoms with Crippen LogP contribution in [-0.2, 0) is 4.74 Å². The van der Waals surface area contributed by atoms with E-state index in [4.69, 9.17) is 11.6 Å². The fourth-order valence-corrected chi connectivity index (χ4v) is 1.26. The summed E-state index contributed by atoms with van der Waals surface area (Å²) in [6.45, 7) is 2.21. The van der Waals surface area contributed by atoms with Gasteiger partial charge in [0.25, 0.3) is 0 Å². The van der Waals surface area contributed by atoms with E-state index in [1.165, 1.54) is 38.4 Å². The molecule has 0 aliphatic carbocycles. The Kier molecular flexibility index (Phi) is 10.2. The summed E-state index contributed by atoms with van der Waals surface area (Å²) in [5.41, 5.74) is -0.774. The predicted octanol–water partition coefficient (Wildman–Crippen LogP) is 4.63. The molecule has 0 rings (SSSR count). The number of rotatable bonds is 8. The lowest BCUT2D eigenvalue weighted by Crippen LogP contribution is -1.82. The highest BCUT2D eigenvalue weighted by molar-refractivity contribution is 6.61. The van der Waals surface area contributed by atoms with Crippen molar-refractivity contribution < 1.29 is 9.53 Å². The van der Waals surface area contributed by atoms with Crippen LogP contribution in [0.15, 0.2) is 12.3 Å². The van der Waals surface area contributed by atoms with Crippen LogP contribution in [0, 0.1) is 0 Å². The van der Waals surface area contributed by atoms with Gasteiger partial charge in [-0.15, -0.1) is 0 Å². The van der Waals surface area contributed by atoms with Crippen molar-refractivity contribution in [3.05, 3.63) is 12.3 Å². The third-order valence-electron chi connectivity index (χ3n) is 1.98. The Morgan fingerprint density at radius 3 is 2.50 bits per heavy atom. The minimum atomic E-state index is -0.774. The van der Waals surface area contributed by atoms with Gasteiger partial charge in [-0.3, -0.25) is 0 Å². The van der Waals surface area contributed by atoms with Crippen molar-refractivity contribution in [2.75, 3.05) is 0 Å². The van der Waals surface area contributed by atoms with Crippen molar-refractivity contribution in [1.29, 1.82) is 0 Å². The second kappa shape index (κ2) is 10.6. The maximum atomic E-state index is 10.1. The Bertz CT molecular complexity index is 167. The number of hydrogen-bond acceptors (Lipinski definition) is 2. The van der Waals surface area contributed by atoms with Gasteiger partial charge in [0.2, 0.25) is 0 Å². The SMILES string of the molecule is CCCCCCCCC=COC(=O)Cl. The molecular weight excluding hydrogens is 200 g/mol. The Morgan fingerprint density at radius 1 is 1.21 bits per heavy atom. The van der Waals surface area contributed by atoms with Crippen LogP contribution in [0.25, 0.3) is 0 Å². The van der Waals surface area contributed by atoms with Crippen LogP contribution in [0.5, 0.6) is 0 Å². The minimum Gasteiger partial charge on any atom is -0.423 e. The molecule has 0 aromatic carbocycles. The van der Waals surface area contributed by atoms with E-state index in [9.17, 15) is 4.79 Å². The summed E-state index contributed by atoms with van der Waals surface area (Å²) < 4.78 is 4.43. The fraction of sp³-hybridized carbons (Fsp3) is 0.727. The van der Waals surface area contributed by atoms with Gasteiger partial charge in [-0.05, 0) is 18.9 Å². The van der Waals surface area contributed by atoms with Crippen LogP contribution in [0.2, 0.25) is 0 Å². The molecule has 0 aliphatic heterocycles. The van der Waals surface area contributed by atoms with Gasteiger partial charge in [-0.2, -0.15) is 0 Å². The van der Waals surface area contributed by atoms with Gasteiger partial charge in [-0.25, -0.2) is 4.79 Å². The highest BCUT2D eigenvalue weighted by Crippen LogP contribution is 2.07. The number of allylic oxidation sites excluding steroid dienone is 1. The van der Waals surface area contributed by atoms with Crippen LogP contribution in [0.3, 0.4) is 0 Å². The van der Waals surface area contributed by atoms with E-state index < -0.39 is 5.43 Å². The van der Waals surface area contributed by atoms with E-state index in [0.29, 0.717) is 0 Å². The number of carbonyl (C=O) groups excluding carboxylic acids is 1. The molecule has 0 aromatic rings. The van der Waals surface area contributed by atoms with E-state index >= 15 is 0 Å². The first kappa shape index (κ1) is 13.5. The molecule has 0 N–H and O–H groups in total. The lowest BCUT2D eigenvalue weighted by Gasteiger charge is -1.97. The molecule has 0 saturated heterocycles. The van der Waals surface area contributed by atoms with Crippen LogP contribution in [0.4, 0.5) is 4.79 Å². The maximum Gasteiger partial charge on any atom is 0.408 e. The molecule has 0 aliphatic rings.